The van der Waals surface area contributed by atoms with Crippen molar-refractivity contribution in [2.45, 2.75) is 20.6 Å². The molecule has 0 aliphatic carbocycles. The zero-order valence-electron chi connectivity index (χ0n) is 26.7. The molecule has 0 aliphatic rings. The van der Waals surface area contributed by atoms with E-state index in [0.29, 0.717) is 11.3 Å². The molecule has 0 spiro atoms. The molecule has 5 nitrogen and oxygen atoms in total. The summed E-state index contributed by atoms with van der Waals surface area (Å²) in [6, 6.07) is 27.3. The molecule has 0 aliphatic heterocycles. The van der Waals surface area contributed by atoms with Crippen molar-refractivity contribution in [3.63, 3.8) is 0 Å². The van der Waals surface area contributed by atoms with Crippen LogP contribution in [-0.2, 0) is 20.1 Å². The molecular weight excluding hydrogens is 599 g/mol. The predicted octanol–water partition coefficient (Wildman–Crippen LogP) is 5.87. The molecule has 0 unspecified atom stereocenters. The van der Waals surface area contributed by atoms with Gasteiger partial charge in [0, 0.05) is 50.4 Å². The monoisotopic (exact) mass is 631 g/mol. The van der Waals surface area contributed by atoms with E-state index in [4.69, 9.17) is 12.3 Å². The van der Waals surface area contributed by atoms with E-state index in [0.717, 1.165) is 16.8 Å². The van der Waals surface area contributed by atoms with E-state index < -0.39 is 32.2 Å². The van der Waals surface area contributed by atoms with Crippen LogP contribution in [0.25, 0.3) is 33.9 Å². The summed E-state index contributed by atoms with van der Waals surface area (Å²) in [6.07, 6.45) is 2.91. The van der Waals surface area contributed by atoms with Crippen LogP contribution in [0.3, 0.4) is 0 Å². The fourth-order valence-electron chi connectivity index (χ4n) is 2.88. The number of pyridine rings is 2. The van der Waals surface area contributed by atoms with E-state index in [9.17, 15) is 0 Å². The molecule has 1 radical (unpaired) electrons. The van der Waals surface area contributed by atoms with Gasteiger partial charge in [-0.3, -0.25) is 0 Å². The van der Waals surface area contributed by atoms with Crippen LogP contribution in [0.4, 0.5) is 0 Å². The Bertz CT molecular complexity index is 1590. The minimum atomic E-state index is -2.65. The number of aromatic nitrogens is 5. The topological polar surface area (TPSA) is 64.5 Å². The first-order valence-corrected chi connectivity index (χ1v) is 9.86. The second kappa shape index (κ2) is 12.0. The zero-order chi connectivity index (χ0) is 30.5. The van der Waals surface area contributed by atoms with Gasteiger partial charge >= 0.3 is 0 Å². The van der Waals surface area contributed by atoms with Crippen LogP contribution < -0.4 is 0 Å². The summed E-state index contributed by atoms with van der Waals surface area (Å²) in [5, 5.41) is 0. The van der Waals surface area contributed by atoms with Gasteiger partial charge in [-0.25, -0.2) is 15.0 Å². The summed E-state index contributed by atoms with van der Waals surface area (Å²) in [4.78, 5) is 19.9. The van der Waals surface area contributed by atoms with Crippen LogP contribution in [0.2, 0.25) is 0 Å². The molecule has 0 amide bonds. The van der Waals surface area contributed by atoms with Gasteiger partial charge in [0.15, 0.2) is 5.82 Å². The normalized spacial score (nSPS) is 15.0. The first kappa shape index (κ1) is 15.3. The van der Waals surface area contributed by atoms with Crippen LogP contribution in [0.1, 0.15) is 29.5 Å². The number of benzene rings is 2. The van der Waals surface area contributed by atoms with Gasteiger partial charge in [-0.1, -0.05) is 18.2 Å². The molecule has 6 heteroatoms. The van der Waals surface area contributed by atoms with Crippen molar-refractivity contribution in [2.24, 2.45) is 0 Å². The second-order valence-electron chi connectivity index (χ2n) is 6.72. The first-order chi connectivity index (χ1) is 19.7. The molecule has 34 heavy (non-hydrogen) atoms. The van der Waals surface area contributed by atoms with Gasteiger partial charge in [-0.15, -0.1) is 71.8 Å². The van der Waals surface area contributed by atoms with E-state index in [2.05, 4.69) is 37.1 Å². The van der Waals surface area contributed by atoms with E-state index in [-0.39, 0.29) is 31.5 Å². The third-order valence-corrected chi connectivity index (χ3v) is 4.39. The summed E-state index contributed by atoms with van der Waals surface area (Å²) >= 11 is 0. The Morgan fingerprint density at radius 2 is 1.41 bits per heavy atom. The Hall–Kier alpha value is -3.60. The average Bonchev–Trinajstić information content (AvgIpc) is 2.97. The maximum Gasteiger partial charge on any atom is 0.162 e. The maximum absolute atomic E-state index is 7.49. The smallest absolute Gasteiger partial charge is 0.162 e. The fraction of sp³-hybridized carbons (Fsp3) is 0.107. The van der Waals surface area contributed by atoms with Crippen LogP contribution in [0.15, 0.2) is 85.2 Å². The van der Waals surface area contributed by atoms with Crippen molar-refractivity contribution in [3.05, 3.63) is 115 Å². The number of nitrogens with zero attached hydrogens (tertiary/aromatic N) is 5. The molecule has 5 aromatic rings. The molecule has 0 saturated carbocycles. The van der Waals surface area contributed by atoms with Crippen LogP contribution in [0.5, 0.6) is 0 Å². The minimum Gasteiger partial charge on any atom is -0.305 e. The van der Waals surface area contributed by atoms with E-state index in [1.165, 1.54) is 12.4 Å². The van der Waals surface area contributed by atoms with Gasteiger partial charge in [-0.2, -0.15) is 0 Å². The first-order valence-electron chi connectivity index (χ1n) is 14.4. The Labute approximate surface area is 226 Å². The number of rotatable bonds is 3. The average molecular weight is 631 g/mol. The molecule has 171 valence electrons. The van der Waals surface area contributed by atoms with Gasteiger partial charge in [0.05, 0.1) is 0 Å². The molecule has 3 aromatic heterocycles. The number of hydrogen-bond acceptors (Lipinski definition) is 5. The van der Waals surface area contributed by atoms with Gasteiger partial charge in [0.2, 0.25) is 0 Å². The van der Waals surface area contributed by atoms with Crippen LogP contribution >= 0.6 is 0 Å². The Morgan fingerprint density at radius 1 is 0.706 bits per heavy atom. The zero-order valence-corrected chi connectivity index (χ0v) is 20.0. The molecule has 0 fully saturated rings. The molecule has 2 aromatic carbocycles. The van der Waals surface area contributed by atoms with Crippen molar-refractivity contribution >= 4 is 0 Å². The van der Waals surface area contributed by atoms with Gasteiger partial charge in [-0.05, 0) is 43.6 Å². The van der Waals surface area contributed by atoms with Crippen molar-refractivity contribution in [1.82, 2.24) is 24.9 Å². The van der Waals surface area contributed by atoms with Crippen molar-refractivity contribution in [1.29, 1.82) is 0 Å². The minimum absolute atomic E-state index is 0. The molecule has 0 bridgehead atoms. The molecule has 5 rings (SSSR count). The van der Waals surface area contributed by atoms with Crippen molar-refractivity contribution in [2.75, 3.05) is 0 Å². The summed E-state index contributed by atoms with van der Waals surface area (Å²) in [7, 11) is 0. The Kier molecular flexibility index (Phi) is 5.42. The number of aryl methyl sites for hydroxylation is 3. The Morgan fingerprint density at radius 3 is 1.97 bits per heavy atom. The third kappa shape index (κ3) is 6.70. The van der Waals surface area contributed by atoms with Gasteiger partial charge in [0.25, 0.3) is 0 Å². The van der Waals surface area contributed by atoms with E-state index in [1.54, 1.807) is 36.4 Å². The Balaban J connectivity index is 0.000000256. The third-order valence-electron chi connectivity index (χ3n) is 4.39. The fourth-order valence-corrected chi connectivity index (χ4v) is 2.88. The maximum atomic E-state index is 7.49. The van der Waals surface area contributed by atoms with Gasteiger partial charge < -0.3 is 9.97 Å². The van der Waals surface area contributed by atoms with Crippen molar-refractivity contribution in [3.8, 4) is 33.9 Å². The molecule has 0 atom stereocenters. The summed E-state index contributed by atoms with van der Waals surface area (Å²) < 4.78 is 66.6. The van der Waals surface area contributed by atoms with Crippen LogP contribution in [0, 0.1) is 32.7 Å². The SMILES string of the molecule is [2H]C([2H])([2H])c1ccc(-c2[c-]cccc2)nc1.[2H]C([2H])([2H])c1nc(-c2ccnc(-c3[c-]cccc3)c2)nc(C([2H])([2H])[2H])n1.[Ir]. The van der Waals surface area contributed by atoms with E-state index >= 15 is 0 Å². The molecule has 0 saturated heterocycles. The summed E-state index contributed by atoms with van der Waals surface area (Å²) in [5.74, 6) is -1.15. The van der Waals surface area contributed by atoms with Gasteiger partial charge in [0.1, 0.15) is 11.6 Å². The van der Waals surface area contributed by atoms with Crippen LogP contribution in [-0.4, -0.2) is 24.9 Å². The standard InChI is InChI=1S/C16H13N4.C12H10N.Ir/c1-11-18-12(2)20-16(19-11)14-8-9-17-15(10-14)13-6-4-3-5-7-13;1-10-7-8-12(13-9-10)11-5-3-2-4-6-11;/h3-6,8-10H,1-2H3;2-5,7-9H,1H3;/q2*-1;/i1D3,2D3;1D3;. The van der Waals surface area contributed by atoms with Crippen molar-refractivity contribution < 1.29 is 32.4 Å². The summed E-state index contributed by atoms with van der Waals surface area (Å²) in [5.41, 5.74) is 3.59. The summed E-state index contributed by atoms with van der Waals surface area (Å²) in [6.45, 7) is -7.40. The molecular formula is C28H23IrN5-2. The van der Waals surface area contributed by atoms with E-state index in [1.807, 2.05) is 36.4 Å². The molecule has 0 N–H and O–H groups in total. The number of hydrogen-bond donors (Lipinski definition) is 0. The predicted molar refractivity (Wildman–Crippen MR) is 130 cm³/mol. The largest absolute Gasteiger partial charge is 0.305 e. The second-order valence-corrected chi connectivity index (χ2v) is 6.72. The quantitative estimate of drug-likeness (QED) is 0.233. The molecule has 3 heterocycles.